The molecule has 0 bridgehead atoms. The van der Waals surface area contributed by atoms with Crippen molar-refractivity contribution in [2.24, 2.45) is 5.41 Å². The van der Waals surface area contributed by atoms with Crippen molar-refractivity contribution < 1.29 is 9.53 Å². The van der Waals surface area contributed by atoms with Crippen LogP contribution in [0.15, 0.2) is 36.4 Å². The van der Waals surface area contributed by atoms with E-state index in [4.69, 9.17) is 16.3 Å². The molecule has 3 aromatic rings. The molecule has 0 atom stereocenters. The second kappa shape index (κ2) is 7.73. The first kappa shape index (κ1) is 19.4. The second-order valence-corrected chi connectivity index (χ2v) is 8.56. The van der Waals surface area contributed by atoms with Gasteiger partial charge in [-0.2, -0.15) is 0 Å². The zero-order chi connectivity index (χ0) is 19.6. The van der Waals surface area contributed by atoms with Crippen molar-refractivity contribution in [3.63, 3.8) is 0 Å². The summed E-state index contributed by atoms with van der Waals surface area (Å²) in [6.45, 7) is 6.57. The molecule has 0 unspecified atom stereocenters. The predicted molar refractivity (Wildman–Crippen MR) is 110 cm³/mol. The molecule has 1 heterocycles. The van der Waals surface area contributed by atoms with Gasteiger partial charge in [0, 0.05) is 29.8 Å². The van der Waals surface area contributed by atoms with Crippen molar-refractivity contribution >= 4 is 28.4 Å². The van der Waals surface area contributed by atoms with Crippen molar-refractivity contribution in [2.45, 2.75) is 40.0 Å². The molecule has 0 amide bonds. The number of imidazole rings is 1. The molecule has 4 nitrogen and oxygen atoms in total. The number of ketones is 1. The van der Waals surface area contributed by atoms with Gasteiger partial charge in [0.25, 0.3) is 0 Å². The molecule has 0 saturated carbocycles. The number of carbonyl (C=O) groups excluding carboxylic acids is 1. The van der Waals surface area contributed by atoms with E-state index in [1.165, 1.54) is 0 Å². The number of aromatic nitrogens is 2. The molecule has 1 aromatic heterocycles. The second-order valence-electron chi connectivity index (χ2n) is 8.12. The summed E-state index contributed by atoms with van der Waals surface area (Å²) in [5.74, 6) is 1.78. The highest BCUT2D eigenvalue weighted by Crippen LogP contribution is 2.24. The Morgan fingerprint density at radius 1 is 1.15 bits per heavy atom. The lowest BCUT2D eigenvalue weighted by Crippen LogP contribution is -2.10. The maximum Gasteiger partial charge on any atom is 0.141 e. The third-order valence-electron chi connectivity index (χ3n) is 4.32. The summed E-state index contributed by atoms with van der Waals surface area (Å²) < 4.78 is 5.33. The van der Waals surface area contributed by atoms with Crippen molar-refractivity contribution in [3.8, 4) is 5.75 Å². The van der Waals surface area contributed by atoms with E-state index in [9.17, 15) is 4.79 Å². The zero-order valence-corrected chi connectivity index (χ0v) is 17.0. The van der Waals surface area contributed by atoms with E-state index in [1.54, 1.807) is 25.3 Å². The number of nitrogens with zero attached hydrogens (tertiary/aromatic N) is 1. The number of rotatable bonds is 6. The van der Waals surface area contributed by atoms with Gasteiger partial charge < -0.3 is 9.72 Å². The third-order valence-corrected chi connectivity index (χ3v) is 4.56. The van der Waals surface area contributed by atoms with Crippen LogP contribution in [0.1, 0.15) is 37.7 Å². The minimum atomic E-state index is 0.115. The van der Waals surface area contributed by atoms with Crippen LogP contribution in [0.5, 0.6) is 5.75 Å². The Kier molecular flexibility index (Phi) is 5.56. The van der Waals surface area contributed by atoms with Crippen molar-refractivity contribution in [3.05, 3.63) is 58.4 Å². The van der Waals surface area contributed by atoms with Gasteiger partial charge in [0.2, 0.25) is 0 Å². The molecule has 5 heteroatoms. The lowest BCUT2D eigenvalue weighted by molar-refractivity contribution is -0.117. The number of ether oxygens (including phenoxy) is 1. The van der Waals surface area contributed by atoms with Gasteiger partial charge in [-0.15, -0.1) is 0 Å². The smallest absolute Gasteiger partial charge is 0.141 e. The molecule has 0 fully saturated rings. The van der Waals surface area contributed by atoms with Crippen LogP contribution in [0.25, 0.3) is 11.0 Å². The monoisotopic (exact) mass is 384 g/mol. The highest BCUT2D eigenvalue weighted by Gasteiger charge is 2.15. The number of benzene rings is 2. The number of H-pyrrole nitrogens is 1. The SMILES string of the molecule is COc1ccc(Cl)cc1CC(=O)Cc1ccc2nc(CC(C)(C)C)[nH]c2c1. The average Bonchev–Trinajstić information content (AvgIpc) is 2.94. The van der Waals surface area contributed by atoms with E-state index in [1.807, 2.05) is 18.2 Å². The summed E-state index contributed by atoms with van der Waals surface area (Å²) in [6, 6.07) is 11.3. The number of halogens is 1. The highest BCUT2D eigenvalue weighted by atomic mass is 35.5. The quantitative estimate of drug-likeness (QED) is 0.638. The van der Waals surface area contributed by atoms with Gasteiger partial charge in [-0.1, -0.05) is 38.4 Å². The molecule has 0 aliphatic carbocycles. The number of Topliss-reactive ketones (excluding diaryl/α,β-unsaturated/α-hetero) is 1. The molecule has 2 aromatic carbocycles. The fraction of sp³-hybridized carbons (Fsp3) is 0.364. The summed E-state index contributed by atoms with van der Waals surface area (Å²) in [5, 5.41) is 0.601. The summed E-state index contributed by atoms with van der Waals surface area (Å²) in [6.07, 6.45) is 1.53. The van der Waals surface area contributed by atoms with Crippen LogP contribution in [0, 0.1) is 5.41 Å². The molecular weight excluding hydrogens is 360 g/mol. The molecule has 0 spiro atoms. The average molecular weight is 385 g/mol. The van der Waals surface area contributed by atoms with Crippen LogP contribution in [-0.4, -0.2) is 22.9 Å². The van der Waals surface area contributed by atoms with Crippen molar-refractivity contribution in [2.75, 3.05) is 7.11 Å². The first-order valence-corrected chi connectivity index (χ1v) is 9.43. The molecule has 0 saturated heterocycles. The van der Waals surface area contributed by atoms with Gasteiger partial charge in [-0.05, 0) is 41.3 Å². The normalized spacial score (nSPS) is 11.7. The fourth-order valence-corrected chi connectivity index (χ4v) is 3.39. The Morgan fingerprint density at radius 3 is 2.63 bits per heavy atom. The van der Waals surface area contributed by atoms with E-state index >= 15 is 0 Å². The fourth-order valence-electron chi connectivity index (χ4n) is 3.19. The van der Waals surface area contributed by atoms with Crippen LogP contribution in [0.4, 0.5) is 0 Å². The number of fused-ring (bicyclic) bond motifs is 1. The number of nitrogens with one attached hydrogen (secondary N) is 1. The highest BCUT2D eigenvalue weighted by molar-refractivity contribution is 6.30. The third kappa shape index (κ3) is 5.10. The summed E-state index contributed by atoms with van der Waals surface area (Å²) in [5.41, 5.74) is 3.86. The standard InChI is InChI=1S/C22H25ClN2O2/c1-22(2,3)13-21-24-18-7-5-14(10-19(18)25-21)9-17(26)12-15-11-16(23)6-8-20(15)27-4/h5-8,10-11H,9,12-13H2,1-4H3,(H,24,25). The number of aromatic amines is 1. The maximum atomic E-state index is 12.6. The van der Waals surface area contributed by atoms with E-state index in [2.05, 4.69) is 30.7 Å². The van der Waals surface area contributed by atoms with Crippen LogP contribution in [-0.2, 0) is 24.1 Å². The number of methoxy groups -OCH3 is 1. The lowest BCUT2D eigenvalue weighted by atomic mass is 9.92. The van der Waals surface area contributed by atoms with E-state index < -0.39 is 0 Å². The maximum absolute atomic E-state index is 12.6. The topological polar surface area (TPSA) is 55.0 Å². The Hall–Kier alpha value is -2.33. The number of hydrogen-bond acceptors (Lipinski definition) is 3. The first-order chi connectivity index (χ1) is 12.7. The van der Waals surface area contributed by atoms with Gasteiger partial charge >= 0.3 is 0 Å². The van der Waals surface area contributed by atoms with E-state index in [-0.39, 0.29) is 11.2 Å². The van der Waals surface area contributed by atoms with E-state index in [0.717, 1.165) is 34.4 Å². The summed E-state index contributed by atoms with van der Waals surface area (Å²) in [4.78, 5) is 20.6. The van der Waals surface area contributed by atoms with Crippen LogP contribution >= 0.6 is 11.6 Å². The van der Waals surface area contributed by atoms with Crippen molar-refractivity contribution in [1.29, 1.82) is 0 Å². The summed E-state index contributed by atoms with van der Waals surface area (Å²) in [7, 11) is 1.60. The molecule has 0 radical (unpaired) electrons. The molecule has 3 rings (SSSR count). The Morgan fingerprint density at radius 2 is 1.93 bits per heavy atom. The lowest BCUT2D eigenvalue weighted by Gasteiger charge is -2.15. The van der Waals surface area contributed by atoms with Crippen LogP contribution < -0.4 is 4.74 Å². The van der Waals surface area contributed by atoms with Crippen LogP contribution in [0.3, 0.4) is 0 Å². The molecule has 1 N–H and O–H groups in total. The number of carbonyl (C=O) groups is 1. The molecule has 27 heavy (non-hydrogen) atoms. The largest absolute Gasteiger partial charge is 0.496 e. The Bertz CT molecular complexity index is 970. The van der Waals surface area contributed by atoms with Gasteiger partial charge in [-0.3, -0.25) is 4.79 Å². The van der Waals surface area contributed by atoms with Gasteiger partial charge in [0.05, 0.1) is 18.1 Å². The molecule has 0 aliphatic rings. The van der Waals surface area contributed by atoms with Gasteiger partial charge in [-0.25, -0.2) is 4.98 Å². The minimum absolute atomic E-state index is 0.115. The first-order valence-electron chi connectivity index (χ1n) is 9.05. The molecule has 142 valence electrons. The van der Waals surface area contributed by atoms with E-state index in [0.29, 0.717) is 23.6 Å². The van der Waals surface area contributed by atoms with Gasteiger partial charge in [0.1, 0.15) is 17.4 Å². The molecular formula is C22H25ClN2O2. The Labute approximate surface area is 164 Å². The predicted octanol–water partition coefficient (Wildman–Crippen LogP) is 5.17. The van der Waals surface area contributed by atoms with Crippen molar-refractivity contribution in [1.82, 2.24) is 9.97 Å². The summed E-state index contributed by atoms with van der Waals surface area (Å²) >= 11 is 6.05. The Balaban J connectivity index is 1.74. The number of hydrogen-bond donors (Lipinski definition) is 1. The zero-order valence-electron chi connectivity index (χ0n) is 16.2. The minimum Gasteiger partial charge on any atom is -0.496 e. The van der Waals surface area contributed by atoms with Gasteiger partial charge in [0.15, 0.2) is 0 Å². The molecule has 0 aliphatic heterocycles. The van der Waals surface area contributed by atoms with Crippen LogP contribution in [0.2, 0.25) is 5.02 Å².